The van der Waals surface area contributed by atoms with Crippen molar-refractivity contribution in [2.45, 2.75) is 166 Å². The molecular formula is C47H68O15. The van der Waals surface area contributed by atoms with Gasteiger partial charge in [0.2, 0.25) is 0 Å². The van der Waals surface area contributed by atoms with Gasteiger partial charge in [0.25, 0.3) is 0 Å². The number of esters is 2. The number of Topliss-reactive ketones (excluding diaryl/α,β-unsaturated/α-hetero) is 1. The van der Waals surface area contributed by atoms with Crippen molar-refractivity contribution in [3.05, 3.63) is 41.5 Å². The van der Waals surface area contributed by atoms with Gasteiger partial charge >= 0.3 is 11.9 Å². The van der Waals surface area contributed by atoms with Crippen molar-refractivity contribution in [2.75, 3.05) is 20.3 Å². The van der Waals surface area contributed by atoms with Gasteiger partial charge in [0.15, 0.2) is 24.8 Å². The van der Waals surface area contributed by atoms with E-state index in [1.54, 1.807) is 19.1 Å². The molecule has 15 heteroatoms. The smallest absolute Gasteiger partial charge is 0.338 e. The van der Waals surface area contributed by atoms with E-state index in [-0.39, 0.29) is 53.6 Å². The first kappa shape index (κ1) is 47.0. The van der Waals surface area contributed by atoms with E-state index in [2.05, 4.69) is 33.8 Å². The Labute approximate surface area is 364 Å². The molecule has 2 saturated heterocycles. The molecule has 346 valence electrons. The Morgan fingerprint density at radius 2 is 1.53 bits per heavy atom. The zero-order chi connectivity index (χ0) is 44.9. The SMILES string of the molecule is COc1ccc(C(=O)O[C@H]2[C@H](O[C@@H]3[C@@H](OC(C)=O)[C@H](O[C@H]4C[C@H]5[C@@H]6CC=C7C[C@@H](O)CC[C@@]7(C)[C@H]6CC[C@@]5(C)[C@]4(O)[C@H](C)C(=O)CCC(C)C)OC[C@@H]3O)OC[C@@H](O)[C@@H]2O)cc1. The van der Waals surface area contributed by atoms with Crippen LogP contribution in [0.25, 0.3) is 0 Å². The maximum absolute atomic E-state index is 14.2. The predicted molar refractivity (Wildman–Crippen MR) is 221 cm³/mol. The fraction of sp³-hybridized carbons (Fsp3) is 0.766. The van der Waals surface area contributed by atoms with Gasteiger partial charge in [-0.05, 0) is 105 Å². The maximum atomic E-state index is 14.2. The molecule has 5 N–H and O–H groups in total. The highest BCUT2D eigenvalue weighted by Gasteiger charge is 2.70. The van der Waals surface area contributed by atoms with Gasteiger partial charge in [-0.1, -0.05) is 46.3 Å². The number of aliphatic hydroxyl groups excluding tert-OH is 4. The first-order chi connectivity index (χ1) is 29.3. The number of fused-ring (bicyclic) bond motifs is 5. The van der Waals surface area contributed by atoms with Crippen LogP contribution in [-0.2, 0) is 38.0 Å². The molecule has 5 fully saturated rings. The van der Waals surface area contributed by atoms with Crippen molar-refractivity contribution >= 4 is 17.7 Å². The van der Waals surface area contributed by atoms with Crippen molar-refractivity contribution in [2.24, 2.45) is 40.4 Å². The summed E-state index contributed by atoms with van der Waals surface area (Å²) in [5, 5.41) is 57.1. The monoisotopic (exact) mass is 872 g/mol. The third kappa shape index (κ3) is 8.62. The summed E-state index contributed by atoms with van der Waals surface area (Å²) in [4.78, 5) is 40.3. The fourth-order valence-corrected chi connectivity index (χ4v) is 12.1. The second kappa shape index (κ2) is 18.5. The van der Waals surface area contributed by atoms with Crippen molar-refractivity contribution in [1.29, 1.82) is 0 Å². The molecule has 1 aromatic rings. The van der Waals surface area contributed by atoms with Crippen molar-refractivity contribution in [1.82, 2.24) is 0 Å². The molecule has 17 atom stereocenters. The van der Waals surface area contributed by atoms with Gasteiger partial charge in [-0.15, -0.1) is 0 Å². The number of ether oxygens (including phenoxy) is 7. The Hall–Kier alpha value is -2.99. The number of carbonyl (C=O) groups is 3. The van der Waals surface area contributed by atoms with E-state index >= 15 is 0 Å². The molecule has 15 nitrogen and oxygen atoms in total. The van der Waals surface area contributed by atoms with E-state index < -0.39 is 90.8 Å². The third-order valence-corrected chi connectivity index (χ3v) is 15.7. The lowest BCUT2D eigenvalue weighted by Crippen LogP contribution is -2.64. The molecule has 4 aliphatic carbocycles. The summed E-state index contributed by atoms with van der Waals surface area (Å²) in [5.74, 6) is -1.30. The lowest BCUT2D eigenvalue weighted by molar-refractivity contribution is -0.345. The zero-order valence-corrected chi connectivity index (χ0v) is 37.1. The average molecular weight is 873 g/mol. The molecular weight excluding hydrogens is 805 g/mol. The normalized spacial score (nSPS) is 42.1. The molecule has 3 saturated carbocycles. The highest BCUT2D eigenvalue weighted by Crippen LogP contribution is 2.69. The molecule has 2 aliphatic heterocycles. The van der Waals surface area contributed by atoms with Crippen LogP contribution in [0.1, 0.15) is 110 Å². The molecule has 0 aromatic heterocycles. The predicted octanol–water partition coefficient (Wildman–Crippen LogP) is 4.02. The van der Waals surface area contributed by atoms with Crippen LogP contribution in [0.4, 0.5) is 0 Å². The third-order valence-electron chi connectivity index (χ3n) is 15.7. The van der Waals surface area contributed by atoms with E-state index in [4.69, 9.17) is 33.2 Å². The molecule has 2 heterocycles. The van der Waals surface area contributed by atoms with Gasteiger partial charge in [-0.3, -0.25) is 9.59 Å². The first-order valence-corrected chi connectivity index (χ1v) is 22.6. The minimum Gasteiger partial charge on any atom is -0.497 e. The number of carbonyl (C=O) groups excluding carboxylic acids is 3. The second-order valence-electron chi connectivity index (χ2n) is 19.7. The van der Waals surface area contributed by atoms with Crippen LogP contribution in [-0.4, -0.2) is 131 Å². The van der Waals surface area contributed by atoms with Crippen LogP contribution in [0.15, 0.2) is 35.9 Å². The maximum Gasteiger partial charge on any atom is 0.338 e. The van der Waals surface area contributed by atoms with E-state index in [0.29, 0.717) is 37.4 Å². The van der Waals surface area contributed by atoms with Gasteiger partial charge in [0, 0.05) is 24.7 Å². The van der Waals surface area contributed by atoms with Crippen LogP contribution in [0.3, 0.4) is 0 Å². The summed E-state index contributed by atoms with van der Waals surface area (Å²) in [6.45, 7) is 10.7. The molecule has 1 aromatic carbocycles. The number of methoxy groups -OCH3 is 1. The number of aliphatic hydroxyl groups is 5. The molecule has 62 heavy (non-hydrogen) atoms. The van der Waals surface area contributed by atoms with Gasteiger partial charge in [-0.25, -0.2) is 4.79 Å². The van der Waals surface area contributed by atoms with E-state index in [1.807, 2.05) is 0 Å². The highest BCUT2D eigenvalue weighted by molar-refractivity contribution is 5.89. The van der Waals surface area contributed by atoms with Gasteiger partial charge < -0.3 is 58.7 Å². The van der Waals surface area contributed by atoms with Crippen LogP contribution in [0.2, 0.25) is 0 Å². The summed E-state index contributed by atoms with van der Waals surface area (Å²) in [5.41, 5.74) is -1.08. The van der Waals surface area contributed by atoms with Crippen LogP contribution >= 0.6 is 0 Å². The lowest BCUT2D eigenvalue weighted by atomic mass is 9.46. The second-order valence-corrected chi connectivity index (χ2v) is 19.7. The Kier molecular flexibility index (Phi) is 14.0. The largest absolute Gasteiger partial charge is 0.497 e. The van der Waals surface area contributed by atoms with E-state index in [1.165, 1.54) is 31.7 Å². The van der Waals surface area contributed by atoms with Crippen LogP contribution < -0.4 is 4.74 Å². The molecule has 0 amide bonds. The van der Waals surface area contributed by atoms with Crippen molar-refractivity contribution in [3.63, 3.8) is 0 Å². The van der Waals surface area contributed by atoms with Crippen molar-refractivity contribution < 1.29 is 73.1 Å². The number of rotatable bonds is 13. The van der Waals surface area contributed by atoms with E-state index in [0.717, 1.165) is 25.7 Å². The highest BCUT2D eigenvalue weighted by atomic mass is 16.8. The Morgan fingerprint density at radius 3 is 2.19 bits per heavy atom. The first-order valence-electron chi connectivity index (χ1n) is 22.6. The molecule has 0 radical (unpaired) electrons. The fourth-order valence-electron chi connectivity index (χ4n) is 12.1. The van der Waals surface area contributed by atoms with Gasteiger partial charge in [0.05, 0.1) is 38.1 Å². The molecule has 7 rings (SSSR count). The Bertz CT molecular complexity index is 1800. The summed E-state index contributed by atoms with van der Waals surface area (Å²) in [6, 6.07) is 6.05. The lowest BCUT2D eigenvalue weighted by Gasteiger charge is -2.59. The number of hydrogen-bond donors (Lipinski definition) is 5. The summed E-state index contributed by atoms with van der Waals surface area (Å²) in [6.07, 6.45) is -5.12. The number of ketones is 1. The van der Waals surface area contributed by atoms with Crippen molar-refractivity contribution in [3.8, 4) is 5.75 Å². The van der Waals surface area contributed by atoms with Crippen LogP contribution in [0.5, 0.6) is 5.75 Å². The molecule has 0 bridgehead atoms. The molecule has 0 spiro atoms. The molecule has 0 unspecified atom stereocenters. The Morgan fingerprint density at radius 1 is 0.855 bits per heavy atom. The quantitative estimate of drug-likeness (QED) is 0.140. The summed E-state index contributed by atoms with van der Waals surface area (Å²) >= 11 is 0. The minimum absolute atomic E-state index is 0.0591. The minimum atomic E-state index is -1.67. The Balaban J connectivity index is 1.18. The number of allylic oxidation sites excluding steroid dienone is 1. The molecule has 6 aliphatic rings. The number of benzene rings is 1. The standard InChI is InChI=1S/C47H68O15/c1-24(2)8-15-34(50)25(3)47(55)37(21-33-31-14-11-28-20-29(49)16-18-45(28,5)32(31)17-19-46(33,47)6)60-44-41(59-26(4)48)39(36(52)23-58-44)62-43-40(38(53)35(51)22-57-43)61-42(54)27-9-12-30(56-7)13-10-27/h9-13,24-25,29,31-33,35-41,43-44,49,51-53,55H,8,14-23H2,1-7H3/t25-,29+,31-,32+,33+,35-,36+,37+,38+,39+,40-,41-,43+,44+,45-,46-,47+/m1/s1. The topological polar surface area (TPSA) is 217 Å². The number of hydrogen-bond acceptors (Lipinski definition) is 15. The van der Waals surface area contributed by atoms with Gasteiger partial charge in [0.1, 0.15) is 41.5 Å². The summed E-state index contributed by atoms with van der Waals surface area (Å²) < 4.78 is 41.7. The zero-order valence-electron chi connectivity index (χ0n) is 37.1. The van der Waals surface area contributed by atoms with Gasteiger partial charge in [-0.2, -0.15) is 0 Å². The van der Waals surface area contributed by atoms with E-state index in [9.17, 15) is 39.9 Å². The average Bonchev–Trinajstić information content (AvgIpc) is 3.47. The summed E-state index contributed by atoms with van der Waals surface area (Å²) in [7, 11) is 1.48. The van der Waals surface area contributed by atoms with Crippen LogP contribution in [0, 0.1) is 40.4 Å².